The second-order valence-corrected chi connectivity index (χ2v) is 1.91. The van der Waals surface area contributed by atoms with Gasteiger partial charge >= 0.3 is 0 Å². The summed E-state index contributed by atoms with van der Waals surface area (Å²) in [5.74, 6) is 0. The van der Waals surface area contributed by atoms with E-state index in [0.29, 0.717) is 13.2 Å². The van der Waals surface area contributed by atoms with Crippen LogP contribution in [0.15, 0.2) is 0 Å². The van der Waals surface area contributed by atoms with E-state index in [1.54, 1.807) is 0 Å². The van der Waals surface area contributed by atoms with Gasteiger partial charge in [-0.2, -0.15) is 0 Å². The zero-order valence-corrected chi connectivity index (χ0v) is 6.72. The maximum atomic E-state index is 8.26. The Morgan fingerprint density at radius 2 is 2.25 bits per heavy atom. The first kappa shape index (κ1) is 8.61. The van der Waals surface area contributed by atoms with Gasteiger partial charge < -0.3 is 13.5 Å². The van der Waals surface area contributed by atoms with Crippen molar-refractivity contribution in [3.05, 3.63) is 0 Å². The molecule has 0 aliphatic heterocycles. The van der Waals surface area contributed by atoms with E-state index < -0.39 is 0 Å². The summed E-state index contributed by atoms with van der Waals surface area (Å²) in [5.41, 5.74) is 0. The summed E-state index contributed by atoms with van der Waals surface area (Å²) in [6, 6.07) is 0. The Morgan fingerprint density at radius 3 is 2.75 bits per heavy atom. The summed E-state index contributed by atoms with van der Waals surface area (Å²) < 4.78 is 4.71. The van der Waals surface area contributed by atoms with Crippen LogP contribution in [0, 0.1) is 0 Å². The summed E-state index contributed by atoms with van der Waals surface area (Å²) in [6.07, 6.45) is 0. The molecule has 0 rings (SSSR count). The number of nitrogens with one attached hydrogen (secondary N) is 1. The number of aliphatic hydroxyl groups excluding tert-OH is 1. The maximum absolute atomic E-state index is 8.26. The molecular formula is C4H10INO2. The predicted octanol–water partition coefficient (Wildman–Crippen LogP) is -0.0651. The summed E-state index contributed by atoms with van der Waals surface area (Å²) in [6.45, 7) is 2.35. The summed E-state index contributed by atoms with van der Waals surface area (Å²) in [4.78, 5) is 0. The maximum Gasteiger partial charge on any atom is 0.109 e. The molecule has 0 aromatic rings. The third kappa shape index (κ3) is 6.61. The van der Waals surface area contributed by atoms with Gasteiger partial charge in [-0.1, -0.05) is 0 Å². The first-order valence-electron chi connectivity index (χ1n) is 2.47. The molecule has 0 aliphatic carbocycles. The predicted molar refractivity (Wildman–Crippen MR) is 39.9 cm³/mol. The molecule has 0 spiro atoms. The van der Waals surface area contributed by atoms with E-state index in [0.717, 1.165) is 6.54 Å². The smallest absolute Gasteiger partial charge is 0.109 e. The van der Waals surface area contributed by atoms with E-state index in [4.69, 9.17) is 8.17 Å². The molecule has 0 aromatic heterocycles. The minimum atomic E-state index is 0.196. The molecule has 0 radical (unpaired) electrons. The highest BCUT2D eigenvalue weighted by atomic mass is 127. The van der Waals surface area contributed by atoms with Gasteiger partial charge in [-0.3, -0.25) is 0 Å². The molecule has 0 fully saturated rings. The molecule has 0 aromatic carbocycles. The Hall–Kier alpha value is 0.610. The van der Waals surface area contributed by atoms with Gasteiger partial charge in [0, 0.05) is 13.1 Å². The lowest BCUT2D eigenvalue weighted by atomic mass is 10.6. The minimum Gasteiger partial charge on any atom is -0.395 e. The third-order valence-corrected chi connectivity index (χ3v) is 1.08. The van der Waals surface area contributed by atoms with Gasteiger partial charge in [-0.25, -0.2) is 0 Å². The van der Waals surface area contributed by atoms with Crippen molar-refractivity contribution >= 4 is 23.0 Å². The van der Waals surface area contributed by atoms with Crippen molar-refractivity contribution < 1.29 is 8.17 Å². The molecule has 0 saturated carbocycles. The Balaban J connectivity index is 2.53. The van der Waals surface area contributed by atoms with E-state index >= 15 is 0 Å². The number of hydrogen-bond donors (Lipinski definition) is 2. The summed E-state index contributed by atoms with van der Waals surface area (Å²) >= 11 is 1.84. The van der Waals surface area contributed by atoms with Crippen LogP contribution in [-0.2, 0) is 3.07 Å². The van der Waals surface area contributed by atoms with Gasteiger partial charge in [0.25, 0.3) is 0 Å². The van der Waals surface area contributed by atoms with Crippen molar-refractivity contribution in [3.63, 3.8) is 0 Å². The lowest BCUT2D eigenvalue weighted by Crippen LogP contribution is -2.21. The van der Waals surface area contributed by atoms with Gasteiger partial charge in [-0.05, 0) is 0 Å². The van der Waals surface area contributed by atoms with Gasteiger partial charge in [0.1, 0.15) is 23.0 Å². The SMILES string of the molecule is OCCNCCOI. The molecule has 0 bridgehead atoms. The van der Waals surface area contributed by atoms with Crippen molar-refractivity contribution in [1.82, 2.24) is 5.32 Å². The van der Waals surface area contributed by atoms with Crippen LogP contribution in [0.5, 0.6) is 0 Å². The molecule has 0 heterocycles. The fourth-order valence-electron chi connectivity index (χ4n) is 0.315. The van der Waals surface area contributed by atoms with Gasteiger partial charge in [0.2, 0.25) is 0 Å². The van der Waals surface area contributed by atoms with Crippen LogP contribution in [0.4, 0.5) is 0 Å². The molecule has 8 heavy (non-hydrogen) atoms. The molecule has 3 nitrogen and oxygen atoms in total. The highest BCUT2D eigenvalue weighted by Gasteiger charge is 1.81. The van der Waals surface area contributed by atoms with Crippen LogP contribution in [0.25, 0.3) is 0 Å². The van der Waals surface area contributed by atoms with Crippen molar-refractivity contribution in [2.24, 2.45) is 0 Å². The van der Waals surface area contributed by atoms with Crippen molar-refractivity contribution in [1.29, 1.82) is 0 Å². The van der Waals surface area contributed by atoms with Crippen molar-refractivity contribution in [2.75, 3.05) is 26.3 Å². The molecule has 0 saturated heterocycles. The minimum absolute atomic E-state index is 0.196. The van der Waals surface area contributed by atoms with Crippen molar-refractivity contribution in [3.8, 4) is 0 Å². The molecule has 2 N–H and O–H groups in total. The third-order valence-electron chi connectivity index (χ3n) is 0.645. The lowest BCUT2D eigenvalue weighted by molar-refractivity contribution is 0.288. The molecule has 0 amide bonds. The van der Waals surface area contributed by atoms with E-state index in [-0.39, 0.29) is 6.61 Å². The van der Waals surface area contributed by atoms with Crippen LogP contribution >= 0.6 is 23.0 Å². The Bertz CT molecular complexity index is 39.0. The Labute approximate surface area is 63.1 Å². The zero-order chi connectivity index (χ0) is 6.24. The molecule has 0 aliphatic rings. The standard InChI is InChI=1S/C4H10INO2/c5-8-4-2-6-1-3-7/h6-7H,1-4H2. The second kappa shape index (κ2) is 7.61. The summed E-state index contributed by atoms with van der Waals surface area (Å²) in [5, 5.41) is 11.2. The Morgan fingerprint density at radius 1 is 1.50 bits per heavy atom. The first-order chi connectivity index (χ1) is 3.91. The van der Waals surface area contributed by atoms with Crippen LogP contribution in [-0.4, -0.2) is 31.4 Å². The fraction of sp³-hybridized carbons (Fsp3) is 1.00. The molecule has 50 valence electrons. The highest BCUT2D eigenvalue weighted by molar-refractivity contribution is 14.1. The average Bonchev–Trinajstić information content (AvgIpc) is 1.81. The normalized spacial score (nSPS) is 9.75. The molecular weight excluding hydrogens is 221 g/mol. The quantitative estimate of drug-likeness (QED) is 0.514. The van der Waals surface area contributed by atoms with E-state index in [9.17, 15) is 0 Å². The van der Waals surface area contributed by atoms with Gasteiger partial charge in [0.05, 0.1) is 13.2 Å². The summed E-state index contributed by atoms with van der Waals surface area (Å²) in [7, 11) is 0. The molecule has 0 unspecified atom stereocenters. The van der Waals surface area contributed by atoms with E-state index in [2.05, 4.69) is 5.32 Å². The molecule has 4 heteroatoms. The number of aliphatic hydroxyl groups is 1. The number of rotatable bonds is 5. The van der Waals surface area contributed by atoms with Crippen LogP contribution in [0.3, 0.4) is 0 Å². The second-order valence-electron chi connectivity index (χ2n) is 1.29. The number of halogens is 1. The van der Waals surface area contributed by atoms with E-state index in [1.165, 1.54) is 0 Å². The van der Waals surface area contributed by atoms with Crippen LogP contribution < -0.4 is 5.32 Å². The lowest BCUT2D eigenvalue weighted by Gasteiger charge is -1.97. The fourth-order valence-corrected chi connectivity index (χ4v) is 0.535. The highest BCUT2D eigenvalue weighted by Crippen LogP contribution is 1.80. The van der Waals surface area contributed by atoms with E-state index in [1.807, 2.05) is 23.0 Å². The molecule has 0 atom stereocenters. The van der Waals surface area contributed by atoms with Gasteiger partial charge in [0.15, 0.2) is 0 Å². The topological polar surface area (TPSA) is 41.5 Å². The van der Waals surface area contributed by atoms with Gasteiger partial charge in [-0.15, -0.1) is 0 Å². The van der Waals surface area contributed by atoms with Crippen molar-refractivity contribution in [2.45, 2.75) is 0 Å². The monoisotopic (exact) mass is 231 g/mol. The number of hydrogen-bond acceptors (Lipinski definition) is 3. The largest absolute Gasteiger partial charge is 0.395 e. The first-order valence-corrected chi connectivity index (χ1v) is 3.35. The van der Waals surface area contributed by atoms with Crippen LogP contribution in [0.2, 0.25) is 0 Å². The zero-order valence-electron chi connectivity index (χ0n) is 4.56. The van der Waals surface area contributed by atoms with Crippen LogP contribution in [0.1, 0.15) is 0 Å². The Kier molecular flexibility index (Phi) is 8.19. The average molecular weight is 231 g/mol.